The Morgan fingerprint density at radius 1 is 1.64 bits per heavy atom. The first kappa shape index (κ1) is 11.3. The maximum Gasteiger partial charge on any atom is 0.0803 e. The van der Waals surface area contributed by atoms with Crippen LogP contribution in [-0.2, 0) is 6.42 Å². The van der Waals surface area contributed by atoms with Gasteiger partial charge in [0.25, 0.3) is 0 Å². The van der Waals surface area contributed by atoms with Gasteiger partial charge in [-0.05, 0) is 30.8 Å². The van der Waals surface area contributed by atoms with Crippen molar-refractivity contribution in [3.8, 4) is 0 Å². The van der Waals surface area contributed by atoms with Gasteiger partial charge in [0.2, 0.25) is 0 Å². The van der Waals surface area contributed by atoms with E-state index in [-0.39, 0.29) is 6.04 Å². The van der Waals surface area contributed by atoms with Crippen LogP contribution < -0.4 is 5.73 Å². The van der Waals surface area contributed by atoms with Crippen molar-refractivity contribution in [2.75, 3.05) is 0 Å². The summed E-state index contributed by atoms with van der Waals surface area (Å²) in [6.45, 7) is 5.83. The Hall–Kier alpha value is -0.740. The summed E-state index contributed by atoms with van der Waals surface area (Å²) in [5, 5.41) is 4.10. The van der Waals surface area contributed by atoms with Crippen molar-refractivity contribution in [2.45, 2.75) is 38.6 Å². The zero-order chi connectivity index (χ0) is 10.4. The molecule has 0 aliphatic heterocycles. The summed E-state index contributed by atoms with van der Waals surface area (Å²) in [5.74, 6) is 0. The predicted octanol–water partition coefficient (Wildman–Crippen LogP) is 2.46. The molecule has 1 unspecified atom stereocenters. The summed E-state index contributed by atoms with van der Waals surface area (Å²) in [6.07, 6.45) is 5.85. The average Bonchev–Trinajstić information content (AvgIpc) is 2.63. The molecule has 0 spiro atoms. The number of hydrogen-bond donors (Lipinski definition) is 1. The Morgan fingerprint density at radius 3 is 3.07 bits per heavy atom. The predicted molar refractivity (Wildman–Crippen MR) is 60.3 cm³/mol. The van der Waals surface area contributed by atoms with Crippen LogP contribution in [0.2, 0.25) is 0 Å². The Bertz CT molecular complexity index is 283. The van der Waals surface area contributed by atoms with E-state index in [1.807, 2.05) is 6.08 Å². The molecule has 1 aromatic heterocycles. The van der Waals surface area contributed by atoms with Gasteiger partial charge in [-0.1, -0.05) is 23.9 Å². The van der Waals surface area contributed by atoms with E-state index in [4.69, 9.17) is 5.73 Å². The molecule has 78 valence electrons. The van der Waals surface area contributed by atoms with Crippen molar-refractivity contribution >= 4 is 11.5 Å². The van der Waals surface area contributed by atoms with E-state index in [0.717, 1.165) is 36.3 Å². The normalized spacial score (nSPS) is 12.7. The van der Waals surface area contributed by atoms with Crippen molar-refractivity contribution in [1.82, 2.24) is 9.59 Å². The lowest BCUT2D eigenvalue weighted by Crippen LogP contribution is -2.10. The van der Waals surface area contributed by atoms with Gasteiger partial charge in [-0.2, -0.15) is 0 Å². The van der Waals surface area contributed by atoms with Crippen molar-refractivity contribution in [2.24, 2.45) is 5.73 Å². The number of nitrogens with zero attached hydrogens (tertiary/aromatic N) is 2. The minimum atomic E-state index is 0.0783. The minimum Gasteiger partial charge on any atom is -0.323 e. The summed E-state index contributed by atoms with van der Waals surface area (Å²) in [7, 11) is 0. The van der Waals surface area contributed by atoms with E-state index in [9.17, 15) is 0 Å². The highest BCUT2D eigenvalue weighted by Gasteiger charge is 2.13. The first-order valence-corrected chi connectivity index (χ1v) is 5.74. The lowest BCUT2D eigenvalue weighted by atomic mass is 10.1. The van der Waals surface area contributed by atoms with Crippen molar-refractivity contribution < 1.29 is 0 Å². The second-order valence-electron chi connectivity index (χ2n) is 3.31. The third kappa shape index (κ3) is 2.89. The lowest BCUT2D eigenvalue weighted by molar-refractivity contribution is 0.660. The van der Waals surface area contributed by atoms with Crippen LogP contribution in [0.1, 0.15) is 42.8 Å². The molecule has 1 aromatic rings. The van der Waals surface area contributed by atoms with Crippen molar-refractivity contribution in [1.29, 1.82) is 0 Å². The van der Waals surface area contributed by atoms with E-state index >= 15 is 0 Å². The Kier molecular flexibility index (Phi) is 4.76. The van der Waals surface area contributed by atoms with Gasteiger partial charge >= 0.3 is 0 Å². The highest BCUT2D eigenvalue weighted by Crippen LogP contribution is 2.23. The van der Waals surface area contributed by atoms with Crippen molar-refractivity contribution in [3.63, 3.8) is 0 Å². The molecule has 1 rings (SSSR count). The van der Waals surface area contributed by atoms with Crippen LogP contribution >= 0.6 is 11.5 Å². The summed E-state index contributed by atoms with van der Waals surface area (Å²) >= 11 is 1.43. The molecule has 0 aliphatic rings. The number of allylic oxidation sites excluding steroid dienone is 1. The zero-order valence-electron chi connectivity index (χ0n) is 8.57. The van der Waals surface area contributed by atoms with Crippen molar-refractivity contribution in [3.05, 3.63) is 23.2 Å². The van der Waals surface area contributed by atoms with Crippen LogP contribution in [0.3, 0.4) is 0 Å². The highest BCUT2D eigenvalue weighted by atomic mass is 32.1. The van der Waals surface area contributed by atoms with Crippen LogP contribution in [0.25, 0.3) is 0 Å². The van der Waals surface area contributed by atoms with Gasteiger partial charge in [0.1, 0.15) is 0 Å². The van der Waals surface area contributed by atoms with Crippen LogP contribution in [-0.4, -0.2) is 9.59 Å². The smallest absolute Gasteiger partial charge is 0.0803 e. The van der Waals surface area contributed by atoms with E-state index in [0.29, 0.717) is 0 Å². The van der Waals surface area contributed by atoms with Gasteiger partial charge in [-0.15, -0.1) is 11.7 Å². The molecule has 0 amide bonds. The Balaban J connectivity index is 2.62. The molecule has 0 bridgehead atoms. The molecule has 0 radical (unpaired) electrons. The number of aromatic nitrogens is 2. The Morgan fingerprint density at radius 2 is 2.43 bits per heavy atom. The molecule has 0 fully saturated rings. The van der Waals surface area contributed by atoms with Gasteiger partial charge < -0.3 is 5.73 Å². The SMILES string of the molecule is C=CCCC(N)c1snnc1CCC. The van der Waals surface area contributed by atoms with Crippen LogP contribution in [0.4, 0.5) is 0 Å². The largest absolute Gasteiger partial charge is 0.323 e. The maximum atomic E-state index is 6.04. The summed E-state index contributed by atoms with van der Waals surface area (Å²) < 4.78 is 3.96. The molecule has 4 heteroatoms. The molecular weight excluding hydrogens is 194 g/mol. The number of rotatable bonds is 6. The lowest BCUT2D eigenvalue weighted by Gasteiger charge is -2.08. The molecule has 3 nitrogen and oxygen atoms in total. The van der Waals surface area contributed by atoms with Gasteiger partial charge in [-0.3, -0.25) is 0 Å². The Labute approximate surface area is 89.2 Å². The minimum absolute atomic E-state index is 0.0783. The van der Waals surface area contributed by atoms with E-state index in [1.165, 1.54) is 11.5 Å². The topological polar surface area (TPSA) is 51.8 Å². The van der Waals surface area contributed by atoms with Gasteiger partial charge in [0.15, 0.2) is 0 Å². The first-order valence-electron chi connectivity index (χ1n) is 4.97. The molecule has 1 atom stereocenters. The van der Waals surface area contributed by atoms with Crippen LogP contribution in [0, 0.1) is 0 Å². The van der Waals surface area contributed by atoms with E-state index < -0.39 is 0 Å². The highest BCUT2D eigenvalue weighted by molar-refractivity contribution is 7.05. The molecule has 0 saturated carbocycles. The third-order valence-corrected chi connectivity index (χ3v) is 2.99. The number of hydrogen-bond acceptors (Lipinski definition) is 4. The van der Waals surface area contributed by atoms with Gasteiger partial charge in [0, 0.05) is 6.04 Å². The third-order valence-electron chi connectivity index (χ3n) is 2.09. The van der Waals surface area contributed by atoms with E-state index in [2.05, 4.69) is 23.1 Å². The second-order valence-corrected chi connectivity index (χ2v) is 4.09. The molecule has 14 heavy (non-hydrogen) atoms. The maximum absolute atomic E-state index is 6.04. The molecular formula is C10H17N3S. The fourth-order valence-corrected chi connectivity index (χ4v) is 2.06. The van der Waals surface area contributed by atoms with Crippen LogP contribution in [0.5, 0.6) is 0 Å². The number of nitrogens with two attached hydrogens (primary N) is 1. The fraction of sp³-hybridized carbons (Fsp3) is 0.600. The molecule has 0 aromatic carbocycles. The summed E-state index contributed by atoms with van der Waals surface area (Å²) in [5.41, 5.74) is 7.12. The zero-order valence-corrected chi connectivity index (χ0v) is 9.39. The summed E-state index contributed by atoms with van der Waals surface area (Å²) in [6, 6.07) is 0.0783. The standard InChI is InChI=1S/C10H17N3S/c1-3-5-7-8(11)10-9(6-4-2)12-13-14-10/h3,8H,1,4-7,11H2,2H3. The first-order chi connectivity index (χ1) is 6.79. The molecule has 2 N–H and O–H groups in total. The van der Waals surface area contributed by atoms with Crippen LogP contribution in [0.15, 0.2) is 12.7 Å². The fourth-order valence-electron chi connectivity index (χ4n) is 1.34. The molecule has 0 saturated heterocycles. The second kappa shape index (κ2) is 5.88. The van der Waals surface area contributed by atoms with E-state index in [1.54, 1.807) is 0 Å². The molecule has 0 aliphatic carbocycles. The summed E-state index contributed by atoms with van der Waals surface area (Å²) in [4.78, 5) is 1.15. The van der Waals surface area contributed by atoms with Gasteiger partial charge in [0.05, 0.1) is 10.6 Å². The molecule has 1 heterocycles. The monoisotopic (exact) mass is 211 g/mol. The number of aryl methyl sites for hydroxylation is 1. The van der Waals surface area contributed by atoms with Gasteiger partial charge in [-0.25, -0.2) is 0 Å². The quantitative estimate of drug-likeness (QED) is 0.735. The average molecular weight is 211 g/mol.